The van der Waals surface area contributed by atoms with E-state index in [4.69, 9.17) is 15.2 Å². The molecule has 0 saturated heterocycles. The van der Waals surface area contributed by atoms with E-state index in [1.807, 2.05) is 42.5 Å². The smallest absolute Gasteiger partial charge is 0.269 e. The number of methoxy groups -OCH3 is 2. The number of nitro benzene ring substituents is 1. The van der Waals surface area contributed by atoms with Gasteiger partial charge in [-0.05, 0) is 65.8 Å². The van der Waals surface area contributed by atoms with E-state index < -0.39 is 4.92 Å². The molecule has 0 spiro atoms. The number of nitro groups is 1. The molecule has 0 aliphatic carbocycles. The van der Waals surface area contributed by atoms with E-state index in [1.165, 1.54) is 12.1 Å². The predicted molar refractivity (Wildman–Crippen MR) is 145 cm³/mol. The first-order valence-corrected chi connectivity index (χ1v) is 10.4. The number of nitroso groups, excluding NO2 is 1. The Morgan fingerprint density at radius 1 is 0.778 bits per heavy atom. The van der Waals surface area contributed by atoms with Crippen LogP contribution in [0.4, 0.5) is 28.4 Å². The highest BCUT2D eigenvalue weighted by molar-refractivity contribution is 5.71. The van der Waals surface area contributed by atoms with Crippen LogP contribution >= 0.6 is 0 Å². The fourth-order valence-corrected chi connectivity index (χ4v) is 2.64. The Labute approximate surface area is 210 Å². The molecule has 0 saturated carbocycles. The minimum atomic E-state index is -0.417. The number of nitrogens with zero attached hydrogens (tertiary/aromatic N) is 2. The quantitative estimate of drug-likeness (QED) is 0.125. The number of benzene rings is 4. The highest BCUT2D eigenvalue weighted by Crippen LogP contribution is 2.28. The molecule has 0 fully saturated rings. The molecule has 4 aromatic rings. The van der Waals surface area contributed by atoms with Crippen molar-refractivity contribution in [2.75, 3.05) is 25.3 Å². The van der Waals surface area contributed by atoms with E-state index in [1.54, 1.807) is 62.8 Å². The van der Waals surface area contributed by atoms with Crippen molar-refractivity contribution in [3.8, 4) is 11.5 Å². The van der Waals surface area contributed by atoms with Crippen molar-refractivity contribution in [1.29, 1.82) is 0 Å². The maximum atomic E-state index is 10.6. The summed E-state index contributed by atoms with van der Waals surface area (Å²) >= 11 is 0. The van der Waals surface area contributed by atoms with Gasteiger partial charge in [0.25, 0.3) is 5.69 Å². The molecule has 3 N–H and O–H groups in total. The van der Waals surface area contributed by atoms with Gasteiger partial charge >= 0.3 is 0 Å². The van der Waals surface area contributed by atoms with E-state index in [-0.39, 0.29) is 13.1 Å². The van der Waals surface area contributed by atoms with Gasteiger partial charge in [-0.25, -0.2) is 0 Å². The van der Waals surface area contributed by atoms with Crippen LogP contribution in [0.5, 0.6) is 11.5 Å². The molecule has 0 heterocycles. The number of hydrogen-bond acceptors (Lipinski definition) is 8. The van der Waals surface area contributed by atoms with Crippen LogP contribution in [0.1, 0.15) is 7.43 Å². The number of para-hydroxylation sites is 2. The lowest BCUT2D eigenvalue weighted by Gasteiger charge is -2.08. The van der Waals surface area contributed by atoms with Crippen molar-refractivity contribution in [3.63, 3.8) is 0 Å². The molecule has 4 aromatic carbocycles. The number of nitrogens with one attached hydrogen (secondary N) is 1. The van der Waals surface area contributed by atoms with Gasteiger partial charge in [-0.2, -0.15) is 0 Å². The molecule has 0 bridgehead atoms. The molecule has 0 aromatic heterocycles. The molecule has 0 atom stereocenters. The van der Waals surface area contributed by atoms with Crippen LogP contribution in [0.15, 0.2) is 108 Å². The Hall–Kier alpha value is -4.92. The third-order valence-corrected chi connectivity index (χ3v) is 4.45. The molecule has 0 amide bonds. The summed E-state index contributed by atoms with van der Waals surface area (Å²) in [6, 6.07) is 29.7. The topological polar surface area (TPSA) is 129 Å². The molecular formula is C27H30N4O5. The monoisotopic (exact) mass is 490 g/mol. The molecule has 188 valence electrons. The zero-order chi connectivity index (χ0) is 25.5. The van der Waals surface area contributed by atoms with Crippen LogP contribution in [0.3, 0.4) is 0 Å². The highest BCUT2D eigenvalue weighted by Gasteiger charge is 2.02. The van der Waals surface area contributed by atoms with E-state index in [9.17, 15) is 15.0 Å². The Morgan fingerprint density at radius 2 is 1.28 bits per heavy atom. The number of nitrogen functional groups attached to an aromatic ring is 1. The number of anilines is 3. The Balaban J connectivity index is 0.000000291. The molecule has 0 aliphatic heterocycles. The molecule has 9 nitrogen and oxygen atoms in total. The molecule has 36 heavy (non-hydrogen) atoms. The molecule has 4 rings (SSSR count). The normalized spacial score (nSPS) is 9.06. The van der Waals surface area contributed by atoms with Crippen molar-refractivity contribution >= 4 is 28.4 Å². The molecule has 9 heteroatoms. The van der Waals surface area contributed by atoms with Gasteiger partial charge in [0.15, 0.2) is 0 Å². The fraction of sp³-hybridized carbons (Fsp3) is 0.111. The summed E-state index contributed by atoms with van der Waals surface area (Å²) < 4.78 is 9.98. The van der Waals surface area contributed by atoms with Crippen LogP contribution in [0.25, 0.3) is 0 Å². The zero-order valence-electron chi connectivity index (χ0n) is 19.3. The Morgan fingerprint density at radius 3 is 1.75 bits per heavy atom. The Bertz CT molecular complexity index is 1180. The zero-order valence-corrected chi connectivity index (χ0v) is 19.3. The van der Waals surface area contributed by atoms with Crippen LogP contribution in [0.2, 0.25) is 0 Å². The second kappa shape index (κ2) is 15.8. The first kappa shape index (κ1) is 29.1. The third kappa shape index (κ3) is 9.92. The first-order chi connectivity index (χ1) is 17.0. The van der Waals surface area contributed by atoms with E-state index in [0.29, 0.717) is 11.4 Å². The summed E-state index contributed by atoms with van der Waals surface area (Å²) in [7, 11) is 3.25. The summed E-state index contributed by atoms with van der Waals surface area (Å²) in [5, 5.41) is 16.1. The second-order valence-electron chi connectivity index (χ2n) is 6.83. The minimum Gasteiger partial charge on any atom is -0.497 e. The van der Waals surface area contributed by atoms with E-state index in [2.05, 4.69) is 10.5 Å². The largest absolute Gasteiger partial charge is 0.497 e. The predicted octanol–water partition coefficient (Wildman–Crippen LogP) is 7.35. The Kier molecular flexibility index (Phi) is 12.8. The van der Waals surface area contributed by atoms with Crippen LogP contribution < -0.4 is 20.5 Å². The van der Waals surface area contributed by atoms with Crippen molar-refractivity contribution in [2.45, 2.75) is 7.43 Å². The SMILES string of the molecule is C.COc1ccc(N)cc1.COc1ccc(Nc2ccccc2N=O)cc1.O=[N+]([O-])c1ccccc1. The summed E-state index contributed by atoms with van der Waals surface area (Å²) in [4.78, 5) is 20.2. The van der Waals surface area contributed by atoms with Crippen LogP contribution in [-0.4, -0.2) is 19.1 Å². The van der Waals surface area contributed by atoms with Crippen molar-refractivity contribution in [1.82, 2.24) is 0 Å². The summed E-state index contributed by atoms with van der Waals surface area (Å²) in [6.07, 6.45) is 0. The first-order valence-electron chi connectivity index (χ1n) is 10.4. The molecule has 0 radical (unpaired) electrons. The van der Waals surface area contributed by atoms with Gasteiger partial charge in [0.2, 0.25) is 0 Å². The number of non-ortho nitro benzene ring substituents is 1. The van der Waals surface area contributed by atoms with Crippen LogP contribution in [-0.2, 0) is 0 Å². The maximum absolute atomic E-state index is 10.6. The van der Waals surface area contributed by atoms with E-state index >= 15 is 0 Å². The highest BCUT2D eigenvalue weighted by atomic mass is 16.6. The second-order valence-corrected chi connectivity index (χ2v) is 6.83. The van der Waals surface area contributed by atoms with Gasteiger partial charge < -0.3 is 20.5 Å². The number of rotatable bonds is 6. The molecular weight excluding hydrogens is 460 g/mol. The van der Waals surface area contributed by atoms with Crippen molar-refractivity contribution in [3.05, 3.63) is 118 Å². The summed E-state index contributed by atoms with van der Waals surface area (Å²) in [5.74, 6) is 1.63. The van der Waals surface area contributed by atoms with Gasteiger partial charge in [-0.1, -0.05) is 37.8 Å². The van der Waals surface area contributed by atoms with Crippen LogP contribution in [0, 0.1) is 15.0 Å². The van der Waals surface area contributed by atoms with E-state index in [0.717, 1.165) is 22.9 Å². The van der Waals surface area contributed by atoms with Crippen molar-refractivity contribution in [2.24, 2.45) is 5.18 Å². The fourth-order valence-electron chi connectivity index (χ4n) is 2.64. The summed E-state index contributed by atoms with van der Waals surface area (Å²) in [6.45, 7) is 0. The lowest BCUT2D eigenvalue weighted by molar-refractivity contribution is -0.384. The van der Waals surface area contributed by atoms with Gasteiger partial charge in [-0.15, -0.1) is 4.91 Å². The van der Waals surface area contributed by atoms with Gasteiger partial charge in [-0.3, -0.25) is 10.1 Å². The number of ether oxygens (including phenoxy) is 2. The van der Waals surface area contributed by atoms with Gasteiger partial charge in [0, 0.05) is 23.5 Å². The average molecular weight is 491 g/mol. The standard InChI is InChI=1S/C13H12N2O2.C7H9NO.C6H5NO2.CH4/c1-17-11-8-6-10(7-9-11)14-12-4-2-3-5-13(12)15-16;1-9-7-4-2-6(8)3-5-7;8-7(9)6-4-2-1-3-5-6;/h2-9,14H,1H3;2-5H,8H2,1H3;1-5H;1H4. The summed E-state index contributed by atoms with van der Waals surface area (Å²) in [5.41, 5.74) is 8.28. The lowest BCUT2D eigenvalue weighted by Crippen LogP contribution is -1.90. The van der Waals surface area contributed by atoms with Gasteiger partial charge in [0.1, 0.15) is 17.2 Å². The molecule has 0 unspecified atom stereocenters. The third-order valence-electron chi connectivity index (χ3n) is 4.45. The minimum absolute atomic E-state index is 0. The molecule has 0 aliphatic rings. The maximum Gasteiger partial charge on any atom is 0.269 e. The number of nitrogens with two attached hydrogens (primary N) is 1. The average Bonchev–Trinajstić information content (AvgIpc) is 2.91. The van der Waals surface area contributed by atoms with Crippen molar-refractivity contribution < 1.29 is 14.4 Å². The number of hydrogen-bond donors (Lipinski definition) is 2. The lowest BCUT2D eigenvalue weighted by atomic mass is 10.2. The van der Waals surface area contributed by atoms with Gasteiger partial charge in [0.05, 0.1) is 24.8 Å².